The van der Waals surface area contributed by atoms with Crippen LogP contribution in [0.2, 0.25) is 0 Å². The summed E-state index contributed by atoms with van der Waals surface area (Å²) in [5, 5.41) is 18.9. The van der Waals surface area contributed by atoms with Crippen molar-refractivity contribution >= 4 is 23.4 Å². The molecule has 0 aliphatic heterocycles. The molecule has 0 heterocycles. The molecule has 0 saturated carbocycles. The van der Waals surface area contributed by atoms with E-state index in [9.17, 15) is 14.4 Å². The van der Waals surface area contributed by atoms with E-state index in [-0.39, 0.29) is 17.2 Å². The summed E-state index contributed by atoms with van der Waals surface area (Å²) in [6, 6.07) is 5.27. The number of benzene rings is 1. The molecular formula is C20H25N3O6. The molecule has 0 radical (unpaired) electrons. The van der Waals surface area contributed by atoms with Crippen molar-refractivity contribution in [2.45, 2.75) is 26.8 Å². The number of Topliss-reactive ketones (excluding diaryl/α,β-unsaturated/α-hetero) is 1. The molecule has 156 valence electrons. The molecule has 2 N–H and O–H groups in total. The molecule has 1 rings (SSSR count). The highest BCUT2D eigenvalue weighted by atomic mass is 16.5. The quantitative estimate of drug-likeness (QED) is 0.448. The molecule has 1 aromatic rings. The first-order valence-corrected chi connectivity index (χ1v) is 8.82. The minimum absolute atomic E-state index is 0.130. The van der Waals surface area contributed by atoms with Crippen molar-refractivity contribution in [2.75, 3.05) is 20.8 Å². The fourth-order valence-electron chi connectivity index (χ4n) is 2.39. The number of ether oxygens (including phenoxy) is 3. The van der Waals surface area contributed by atoms with E-state index in [0.717, 1.165) is 0 Å². The van der Waals surface area contributed by atoms with Gasteiger partial charge in [0, 0.05) is 17.3 Å². The van der Waals surface area contributed by atoms with E-state index < -0.39 is 36.2 Å². The summed E-state index contributed by atoms with van der Waals surface area (Å²) in [6.45, 7) is 4.09. The fraction of sp³-hybridized carbons (Fsp3) is 0.450. The number of carbonyl (C=O) groups excluding carboxylic acids is 3. The molecule has 0 aliphatic rings. The van der Waals surface area contributed by atoms with Crippen molar-refractivity contribution < 1.29 is 28.6 Å². The standard InChI is InChI=1S/C20H25N3O6/c1-11(2)18(20(26)29-10-17(24)16(9-21)12(3)22)23-19(25)13-6-14(27-4)8-15(7-13)28-5/h6-8,11,16,18,22H,10H2,1-5H3,(H,23,25)/t16-,18-/m1/s1. The molecule has 2 atom stereocenters. The van der Waals surface area contributed by atoms with Gasteiger partial charge in [0.05, 0.1) is 20.3 Å². The predicted octanol–water partition coefficient (Wildman–Crippen LogP) is 1.75. The normalized spacial score (nSPS) is 12.3. The van der Waals surface area contributed by atoms with Crippen molar-refractivity contribution in [3.05, 3.63) is 23.8 Å². The van der Waals surface area contributed by atoms with Gasteiger partial charge in [-0.1, -0.05) is 13.8 Å². The highest BCUT2D eigenvalue weighted by Crippen LogP contribution is 2.22. The van der Waals surface area contributed by atoms with Crippen molar-refractivity contribution in [3.8, 4) is 17.6 Å². The predicted molar refractivity (Wildman–Crippen MR) is 104 cm³/mol. The number of nitriles is 1. The Balaban J connectivity index is 2.89. The van der Waals surface area contributed by atoms with Crippen LogP contribution in [0.3, 0.4) is 0 Å². The van der Waals surface area contributed by atoms with Gasteiger partial charge in [0.1, 0.15) is 23.5 Å². The summed E-state index contributed by atoms with van der Waals surface area (Å²) < 4.78 is 15.3. The molecule has 0 aromatic heterocycles. The van der Waals surface area contributed by atoms with E-state index in [1.165, 1.54) is 33.3 Å². The van der Waals surface area contributed by atoms with Gasteiger partial charge in [-0.3, -0.25) is 9.59 Å². The number of hydrogen-bond acceptors (Lipinski definition) is 8. The second-order valence-electron chi connectivity index (χ2n) is 6.62. The van der Waals surface area contributed by atoms with Crippen molar-refractivity contribution in [1.29, 1.82) is 10.7 Å². The molecule has 0 bridgehead atoms. The van der Waals surface area contributed by atoms with Gasteiger partial charge in [-0.05, 0) is 25.0 Å². The highest BCUT2D eigenvalue weighted by Gasteiger charge is 2.28. The minimum atomic E-state index is -1.26. The third-order valence-corrected chi connectivity index (χ3v) is 4.06. The van der Waals surface area contributed by atoms with Crippen molar-refractivity contribution in [1.82, 2.24) is 5.32 Å². The molecule has 1 aromatic carbocycles. The summed E-state index contributed by atoms with van der Waals surface area (Å²) in [6.07, 6.45) is 0. The number of carbonyl (C=O) groups is 3. The minimum Gasteiger partial charge on any atom is -0.497 e. The van der Waals surface area contributed by atoms with E-state index in [1.807, 2.05) is 0 Å². The summed E-state index contributed by atoms with van der Waals surface area (Å²) in [5.74, 6) is -2.82. The summed E-state index contributed by atoms with van der Waals surface area (Å²) in [4.78, 5) is 37.0. The molecular weight excluding hydrogens is 378 g/mol. The molecule has 9 heteroatoms. The van der Waals surface area contributed by atoms with E-state index in [1.54, 1.807) is 26.0 Å². The van der Waals surface area contributed by atoms with Crippen LogP contribution in [0.1, 0.15) is 31.1 Å². The number of amides is 1. The number of rotatable bonds is 10. The summed E-state index contributed by atoms with van der Waals surface area (Å²) >= 11 is 0. The lowest BCUT2D eigenvalue weighted by Crippen LogP contribution is -2.46. The monoisotopic (exact) mass is 403 g/mol. The SMILES string of the molecule is COc1cc(OC)cc(C(=O)N[C@@H](C(=O)OCC(=O)[C@H](C#N)C(C)=N)C(C)C)c1. The lowest BCUT2D eigenvalue weighted by molar-refractivity contribution is -0.151. The van der Waals surface area contributed by atoms with E-state index in [4.69, 9.17) is 24.9 Å². The molecule has 9 nitrogen and oxygen atoms in total. The third-order valence-electron chi connectivity index (χ3n) is 4.06. The maximum Gasteiger partial charge on any atom is 0.329 e. The zero-order valence-corrected chi connectivity index (χ0v) is 17.1. The first-order chi connectivity index (χ1) is 13.6. The fourth-order valence-corrected chi connectivity index (χ4v) is 2.39. The molecule has 0 saturated heterocycles. The second kappa shape index (κ2) is 10.8. The van der Waals surface area contributed by atoms with Gasteiger partial charge in [0.15, 0.2) is 12.4 Å². The Labute approximate surface area is 169 Å². The Kier molecular flexibility index (Phi) is 8.80. The van der Waals surface area contributed by atoms with Crippen LogP contribution in [0.5, 0.6) is 11.5 Å². The van der Waals surface area contributed by atoms with E-state index in [0.29, 0.717) is 11.5 Å². The Hall–Kier alpha value is -3.41. The first-order valence-electron chi connectivity index (χ1n) is 8.82. The average Bonchev–Trinajstić information content (AvgIpc) is 2.69. The Morgan fingerprint density at radius 3 is 2.10 bits per heavy atom. The van der Waals surface area contributed by atoms with Gasteiger partial charge in [-0.2, -0.15) is 5.26 Å². The second-order valence-corrected chi connectivity index (χ2v) is 6.62. The van der Waals surface area contributed by atoms with Gasteiger partial charge >= 0.3 is 5.97 Å². The number of nitrogens with zero attached hydrogens (tertiary/aromatic N) is 1. The highest BCUT2D eigenvalue weighted by molar-refractivity contribution is 6.06. The maximum atomic E-state index is 12.6. The van der Waals surface area contributed by atoms with E-state index in [2.05, 4.69) is 5.32 Å². The van der Waals surface area contributed by atoms with Crippen LogP contribution in [-0.2, 0) is 14.3 Å². The van der Waals surface area contributed by atoms with Gasteiger partial charge in [-0.15, -0.1) is 0 Å². The molecule has 0 aliphatic carbocycles. The van der Waals surface area contributed by atoms with Gasteiger partial charge in [0.25, 0.3) is 5.91 Å². The molecule has 29 heavy (non-hydrogen) atoms. The molecule has 0 unspecified atom stereocenters. The Bertz CT molecular complexity index is 806. The van der Waals surface area contributed by atoms with Gasteiger partial charge < -0.3 is 24.9 Å². The van der Waals surface area contributed by atoms with Crippen LogP contribution in [0.15, 0.2) is 18.2 Å². The van der Waals surface area contributed by atoms with Crippen LogP contribution in [-0.4, -0.2) is 50.2 Å². The van der Waals surface area contributed by atoms with Crippen molar-refractivity contribution in [2.24, 2.45) is 11.8 Å². The Morgan fingerprint density at radius 1 is 1.14 bits per heavy atom. The summed E-state index contributed by atoms with van der Waals surface area (Å²) in [5.41, 5.74) is 0.0916. The lowest BCUT2D eigenvalue weighted by atomic mass is 10.0. The van der Waals surface area contributed by atoms with Crippen LogP contribution in [0, 0.1) is 28.6 Å². The first kappa shape index (κ1) is 23.6. The summed E-state index contributed by atoms with van der Waals surface area (Å²) in [7, 11) is 2.90. The van der Waals surface area contributed by atoms with Crippen LogP contribution >= 0.6 is 0 Å². The Morgan fingerprint density at radius 2 is 1.69 bits per heavy atom. The number of methoxy groups -OCH3 is 2. The molecule has 0 fully saturated rings. The lowest BCUT2D eigenvalue weighted by Gasteiger charge is -2.21. The average molecular weight is 403 g/mol. The zero-order chi connectivity index (χ0) is 22.1. The number of nitrogens with one attached hydrogen (secondary N) is 2. The maximum absolute atomic E-state index is 12.6. The number of ketones is 1. The van der Waals surface area contributed by atoms with Gasteiger partial charge in [-0.25, -0.2) is 4.79 Å². The molecule has 1 amide bonds. The van der Waals surface area contributed by atoms with E-state index >= 15 is 0 Å². The zero-order valence-electron chi connectivity index (χ0n) is 17.1. The topological polar surface area (TPSA) is 139 Å². The van der Waals surface area contributed by atoms with Crippen LogP contribution in [0.25, 0.3) is 0 Å². The third kappa shape index (κ3) is 6.60. The smallest absolute Gasteiger partial charge is 0.329 e. The van der Waals surface area contributed by atoms with Crippen LogP contribution in [0.4, 0.5) is 0 Å². The number of esters is 1. The van der Waals surface area contributed by atoms with Crippen LogP contribution < -0.4 is 14.8 Å². The largest absolute Gasteiger partial charge is 0.497 e. The van der Waals surface area contributed by atoms with Crippen molar-refractivity contribution in [3.63, 3.8) is 0 Å². The number of hydrogen-bond donors (Lipinski definition) is 2. The van der Waals surface area contributed by atoms with Gasteiger partial charge in [0.2, 0.25) is 0 Å². The molecule has 0 spiro atoms.